The summed E-state index contributed by atoms with van der Waals surface area (Å²) in [5.41, 5.74) is 8.49. The first kappa shape index (κ1) is 14.4. The maximum absolute atomic E-state index is 6.44. The van der Waals surface area contributed by atoms with E-state index in [1.165, 1.54) is 44.1 Å². The smallest absolute Gasteiger partial charge is 0.0595 e. The normalized spacial score (nSPS) is 42.3. The SMILES string of the molecule is C[C@H](N)C12C[C@H]3C[C@@H](CC(c4ccc(Cl)c(Cl)c4)(C3)C1)C2. The van der Waals surface area contributed by atoms with Gasteiger partial charge in [-0.1, -0.05) is 29.3 Å². The highest BCUT2D eigenvalue weighted by atomic mass is 35.5. The highest BCUT2D eigenvalue weighted by Crippen LogP contribution is 2.66. The molecule has 3 atom stereocenters. The zero-order chi connectivity index (χ0) is 14.8. The van der Waals surface area contributed by atoms with Crippen LogP contribution < -0.4 is 5.73 Å². The van der Waals surface area contributed by atoms with Crippen molar-refractivity contribution in [2.24, 2.45) is 23.0 Å². The molecule has 5 rings (SSSR count). The van der Waals surface area contributed by atoms with Crippen LogP contribution in [0.5, 0.6) is 0 Å². The molecule has 114 valence electrons. The van der Waals surface area contributed by atoms with E-state index in [1.54, 1.807) is 0 Å². The first-order valence-corrected chi connectivity index (χ1v) is 8.89. The lowest BCUT2D eigenvalue weighted by Gasteiger charge is -2.64. The summed E-state index contributed by atoms with van der Waals surface area (Å²) in [6.07, 6.45) is 7.96. The Labute approximate surface area is 137 Å². The molecule has 1 aromatic carbocycles. The number of nitrogens with two attached hydrogens (primary N) is 1. The first-order valence-electron chi connectivity index (χ1n) is 8.14. The van der Waals surface area contributed by atoms with Crippen LogP contribution in [0, 0.1) is 17.3 Å². The molecule has 1 nitrogen and oxygen atoms in total. The van der Waals surface area contributed by atoms with E-state index in [0.717, 1.165) is 11.8 Å². The Morgan fingerprint density at radius 1 is 1.10 bits per heavy atom. The highest BCUT2D eigenvalue weighted by molar-refractivity contribution is 6.42. The van der Waals surface area contributed by atoms with Gasteiger partial charge in [-0.3, -0.25) is 0 Å². The van der Waals surface area contributed by atoms with Gasteiger partial charge in [-0.2, -0.15) is 0 Å². The van der Waals surface area contributed by atoms with E-state index in [4.69, 9.17) is 28.9 Å². The molecule has 0 aliphatic heterocycles. The molecule has 4 saturated carbocycles. The number of rotatable bonds is 2. The summed E-state index contributed by atoms with van der Waals surface area (Å²) in [5.74, 6) is 1.71. The summed E-state index contributed by atoms with van der Waals surface area (Å²) in [5, 5.41) is 1.35. The van der Waals surface area contributed by atoms with Gasteiger partial charge >= 0.3 is 0 Å². The fourth-order valence-electron chi connectivity index (χ4n) is 6.03. The van der Waals surface area contributed by atoms with Crippen molar-refractivity contribution in [3.8, 4) is 0 Å². The monoisotopic (exact) mass is 323 g/mol. The second-order valence-electron chi connectivity index (χ2n) is 8.02. The van der Waals surface area contributed by atoms with Crippen LogP contribution in [0.1, 0.15) is 51.0 Å². The summed E-state index contributed by atoms with van der Waals surface area (Å²) in [6, 6.07) is 6.59. The van der Waals surface area contributed by atoms with Crippen LogP contribution in [-0.4, -0.2) is 6.04 Å². The molecule has 21 heavy (non-hydrogen) atoms. The van der Waals surface area contributed by atoms with Crippen LogP contribution in [0.25, 0.3) is 0 Å². The van der Waals surface area contributed by atoms with Gasteiger partial charge in [-0.25, -0.2) is 0 Å². The molecule has 0 aromatic heterocycles. The predicted molar refractivity (Wildman–Crippen MR) is 88.9 cm³/mol. The minimum absolute atomic E-state index is 0.297. The van der Waals surface area contributed by atoms with Crippen LogP contribution in [0.2, 0.25) is 10.0 Å². The fraction of sp³-hybridized carbons (Fsp3) is 0.667. The van der Waals surface area contributed by atoms with Crippen molar-refractivity contribution in [3.63, 3.8) is 0 Å². The molecule has 4 aliphatic rings. The van der Waals surface area contributed by atoms with Gasteiger partial charge in [0.1, 0.15) is 0 Å². The minimum Gasteiger partial charge on any atom is -0.327 e. The Hall–Kier alpha value is -0.240. The average molecular weight is 324 g/mol. The minimum atomic E-state index is 0.297. The number of benzene rings is 1. The van der Waals surface area contributed by atoms with E-state index in [-0.39, 0.29) is 0 Å². The van der Waals surface area contributed by atoms with Crippen molar-refractivity contribution in [2.75, 3.05) is 0 Å². The zero-order valence-electron chi connectivity index (χ0n) is 12.5. The Balaban J connectivity index is 1.78. The molecule has 0 amide bonds. The van der Waals surface area contributed by atoms with Crippen LogP contribution in [0.15, 0.2) is 18.2 Å². The van der Waals surface area contributed by atoms with Gasteiger partial charge in [-0.15, -0.1) is 0 Å². The molecular weight excluding hydrogens is 301 g/mol. The van der Waals surface area contributed by atoms with Crippen molar-refractivity contribution in [2.45, 2.75) is 56.9 Å². The molecule has 0 heterocycles. The Bertz CT molecular complexity index is 567. The van der Waals surface area contributed by atoms with Crippen LogP contribution in [0.4, 0.5) is 0 Å². The van der Waals surface area contributed by atoms with E-state index in [0.29, 0.717) is 26.9 Å². The lowest BCUT2D eigenvalue weighted by molar-refractivity contribution is -0.0821. The summed E-state index contributed by atoms with van der Waals surface area (Å²) >= 11 is 12.4. The van der Waals surface area contributed by atoms with Gasteiger partial charge in [0, 0.05) is 6.04 Å². The van der Waals surface area contributed by atoms with Crippen molar-refractivity contribution in [1.82, 2.24) is 0 Å². The summed E-state index contributed by atoms with van der Waals surface area (Å²) in [4.78, 5) is 0. The molecule has 1 aromatic rings. The molecule has 4 bridgehead atoms. The lowest BCUT2D eigenvalue weighted by atomic mass is 9.41. The second-order valence-corrected chi connectivity index (χ2v) is 8.84. The standard InChI is InChI=1S/C18H23Cl2N/c1-11(21)17-6-12-4-13(7-17)9-18(8-12,10-17)14-2-3-15(19)16(20)5-14/h2-3,5,11-13H,4,6-10,21H2,1H3/t11-,12+,13+,17?,18?/m0/s1. The van der Waals surface area contributed by atoms with Crippen molar-refractivity contribution in [1.29, 1.82) is 0 Å². The number of hydrogen-bond acceptors (Lipinski definition) is 1. The van der Waals surface area contributed by atoms with E-state index >= 15 is 0 Å². The molecule has 3 heteroatoms. The third-order valence-electron chi connectivity index (χ3n) is 6.60. The third-order valence-corrected chi connectivity index (χ3v) is 7.34. The summed E-state index contributed by atoms with van der Waals surface area (Å²) < 4.78 is 0. The molecule has 4 aliphatic carbocycles. The van der Waals surface area contributed by atoms with E-state index < -0.39 is 0 Å². The molecule has 4 fully saturated rings. The Morgan fingerprint density at radius 3 is 2.33 bits per heavy atom. The van der Waals surface area contributed by atoms with Gasteiger partial charge in [0.15, 0.2) is 0 Å². The second kappa shape index (κ2) is 4.63. The van der Waals surface area contributed by atoms with Crippen LogP contribution >= 0.6 is 23.2 Å². The van der Waals surface area contributed by atoms with Gasteiger partial charge in [0.2, 0.25) is 0 Å². The Morgan fingerprint density at radius 2 is 1.76 bits per heavy atom. The fourth-order valence-corrected chi connectivity index (χ4v) is 6.33. The maximum Gasteiger partial charge on any atom is 0.0595 e. The molecule has 0 unspecified atom stereocenters. The first-order chi connectivity index (χ1) is 9.92. The van der Waals surface area contributed by atoms with Gasteiger partial charge in [0.25, 0.3) is 0 Å². The van der Waals surface area contributed by atoms with Gasteiger partial charge in [0.05, 0.1) is 10.0 Å². The van der Waals surface area contributed by atoms with E-state index in [1.807, 2.05) is 6.07 Å². The van der Waals surface area contributed by atoms with Crippen molar-refractivity contribution < 1.29 is 0 Å². The maximum atomic E-state index is 6.44. The molecule has 0 saturated heterocycles. The molecule has 2 N–H and O–H groups in total. The molecule has 0 radical (unpaired) electrons. The van der Waals surface area contributed by atoms with Crippen LogP contribution in [-0.2, 0) is 5.41 Å². The largest absolute Gasteiger partial charge is 0.327 e. The van der Waals surface area contributed by atoms with Gasteiger partial charge < -0.3 is 5.73 Å². The topological polar surface area (TPSA) is 26.0 Å². The zero-order valence-corrected chi connectivity index (χ0v) is 14.1. The number of halogens is 2. The summed E-state index contributed by atoms with van der Waals surface area (Å²) in [7, 11) is 0. The Kier molecular flexibility index (Phi) is 3.17. The third kappa shape index (κ3) is 2.08. The average Bonchev–Trinajstić information content (AvgIpc) is 2.40. The molecule has 0 spiro atoms. The van der Waals surface area contributed by atoms with Crippen LogP contribution in [0.3, 0.4) is 0 Å². The predicted octanol–water partition coefficient (Wildman–Crippen LogP) is 5.18. The number of hydrogen-bond donors (Lipinski definition) is 1. The van der Waals surface area contributed by atoms with Gasteiger partial charge in [-0.05, 0) is 85.8 Å². The summed E-state index contributed by atoms with van der Waals surface area (Å²) in [6.45, 7) is 2.22. The molecular formula is C18H23Cl2N. The lowest BCUT2D eigenvalue weighted by Crippen LogP contribution is -2.59. The highest BCUT2D eigenvalue weighted by Gasteiger charge is 2.59. The quantitative estimate of drug-likeness (QED) is 0.797. The van der Waals surface area contributed by atoms with Crippen molar-refractivity contribution in [3.05, 3.63) is 33.8 Å². The van der Waals surface area contributed by atoms with E-state index in [2.05, 4.69) is 19.1 Å². The van der Waals surface area contributed by atoms with E-state index in [9.17, 15) is 0 Å². The van der Waals surface area contributed by atoms with Crippen molar-refractivity contribution >= 4 is 23.2 Å².